The average molecular weight is 263 g/mol. The summed E-state index contributed by atoms with van der Waals surface area (Å²) in [5.74, 6) is -0.732. The molecule has 5 nitrogen and oxygen atoms in total. The summed E-state index contributed by atoms with van der Waals surface area (Å²) in [5, 5.41) is 10.1. The SMILES string of the molecule is Cn1c(=O)oc2ccc(C(O)C(=O)C(C)(C)C)cc21. The summed E-state index contributed by atoms with van der Waals surface area (Å²) in [7, 11) is 1.58. The van der Waals surface area contributed by atoms with E-state index in [0.29, 0.717) is 16.7 Å². The molecule has 1 heterocycles. The fourth-order valence-corrected chi connectivity index (χ4v) is 1.88. The van der Waals surface area contributed by atoms with Gasteiger partial charge in [0.2, 0.25) is 0 Å². The summed E-state index contributed by atoms with van der Waals surface area (Å²) < 4.78 is 6.34. The van der Waals surface area contributed by atoms with Crippen LogP contribution in [0.1, 0.15) is 32.4 Å². The van der Waals surface area contributed by atoms with Crippen molar-refractivity contribution in [2.45, 2.75) is 26.9 Å². The van der Waals surface area contributed by atoms with E-state index in [1.807, 2.05) is 0 Å². The van der Waals surface area contributed by atoms with Crippen LogP contribution in [0.25, 0.3) is 11.1 Å². The van der Waals surface area contributed by atoms with E-state index in [9.17, 15) is 14.7 Å². The van der Waals surface area contributed by atoms with E-state index >= 15 is 0 Å². The quantitative estimate of drug-likeness (QED) is 0.896. The molecule has 19 heavy (non-hydrogen) atoms. The maximum Gasteiger partial charge on any atom is 0.419 e. The lowest BCUT2D eigenvalue weighted by molar-refractivity contribution is -0.135. The molecule has 1 aromatic heterocycles. The van der Waals surface area contributed by atoms with Crippen molar-refractivity contribution < 1.29 is 14.3 Å². The van der Waals surface area contributed by atoms with Crippen molar-refractivity contribution in [3.63, 3.8) is 0 Å². The molecular formula is C14H17NO4. The van der Waals surface area contributed by atoms with Gasteiger partial charge in [0.25, 0.3) is 0 Å². The molecule has 1 unspecified atom stereocenters. The van der Waals surface area contributed by atoms with Gasteiger partial charge in [-0.25, -0.2) is 4.79 Å². The number of aryl methyl sites for hydroxylation is 1. The maximum absolute atomic E-state index is 12.0. The molecule has 0 saturated carbocycles. The molecule has 102 valence electrons. The van der Waals surface area contributed by atoms with Crippen LogP contribution < -0.4 is 5.76 Å². The number of nitrogens with zero attached hydrogens (tertiary/aromatic N) is 1. The second-order valence-electron chi connectivity index (χ2n) is 5.67. The van der Waals surface area contributed by atoms with Gasteiger partial charge < -0.3 is 9.52 Å². The number of ketones is 1. The number of fused-ring (bicyclic) bond motifs is 1. The molecule has 0 saturated heterocycles. The zero-order chi connectivity index (χ0) is 14.4. The highest BCUT2D eigenvalue weighted by Gasteiger charge is 2.29. The van der Waals surface area contributed by atoms with E-state index in [0.717, 1.165) is 0 Å². The number of rotatable bonds is 2. The Morgan fingerprint density at radius 3 is 2.58 bits per heavy atom. The number of benzene rings is 1. The lowest BCUT2D eigenvalue weighted by Crippen LogP contribution is -2.26. The van der Waals surface area contributed by atoms with Crippen LogP contribution in [0.4, 0.5) is 0 Å². The highest BCUT2D eigenvalue weighted by molar-refractivity contribution is 5.89. The fraction of sp³-hybridized carbons (Fsp3) is 0.429. The monoisotopic (exact) mass is 263 g/mol. The summed E-state index contributed by atoms with van der Waals surface area (Å²) in [4.78, 5) is 23.4. The number of hydrogen-bond acceptors (Lipinski definition) is 4. The number of carbonyl (C=O) groups is 1. The number of aliphatic hydroxyl groups excluding tert-OH is 1. The Balaban J connectivity index is 2.49. The summed E-state index contributed by atoms with van der Waals surface area (Å²) in [6.07, 6.45) is -1.20. The van der Waals surface area contributed by atoms with Crippen LogP contribution in [-0.2, 0) is 11.8 Å². The molecule has 0 aliphatic heterocycles. The maximum atomic E-state index is 12.0. The standard InChI is InChI=1S/C14H17NO4/c1-14(2,3)12(17)11(16)8-5-6-10-9(7-8)15(4)13(18)19-10/h5-7,11,16H,1-4H3. The molecule has 0 bridgehead atoms. The molecular weight excluding hydrogens is 246 g/mol. The molecule has 1 aromatic carbocycles. The van der Waals surface area contributed by atoms with Crippen LogP contribution in [0.5, 0.6) is 0 Å². The first-order valence-electron chi connectivity index (χ1n) is 6.03. The van der Waals surface area contributed by atoms with Gasteiger partial charge in [0.15, 0.2) is 11.4 Å². The summed E-state index contributed by atoms with van der Waals surface area (Å²) in [6, 6.07) is 4.79. The molecule has 1 N–H and O–H groups in total. The van der Waals surface area contributed by atoms with Crippen molar-refractivity contribution >= 4 is 16.9 Å². The van der Waals surface area contributed by atoms with Crippen LogP contribution in [0.15, 0.2) is 27.4 Å². The van der Waals surface area contributed by atoms with Crippen LogP contribution >= 0.6 is 0 Å². The van der Waals surface area contributed by atoms with Gasteiger partial charge in [0.05, 0.1) is 5.52 Å². The summed E-state index contributed by atoms with van der Waals surface area (Å²) in [5.41, 5.74) is 0.829. The van der Waals surface area contributed by atoms with E-state index < -0.39 is 17.3 Å². The number of aromatic nitrogens is 1. The van der Waals surface area contributed by atoms with Gasteiger partial charge in [0, 0.05) is 12.5 Å². The van der Waals surface area contributed by atoms with Gasteiger partial charge in [-0.15, -0.1) is 0 Å². The Labute approximate surface area is 110 Å². The highest BCUT2D eigenvalue weighted by atomic mass is 16.4. The zero-order valence-corrected chi connectivity index (χ0v) is 11.4. The normalized spacial score (nSPS) is 13.7. The average Bonchev–Trinajstić information content (AvgIpc) is 2.62. The Bertz CT molecular complexity index is 688. The van der Waals surface area contributed by atoms with Crippen molar-refractivity contribution in [2.24, 2.45) is 12.5 Å². The number of oxazole rings is 1. The molecule has 0 aliphatic carbocycles. The van der Waals surface area contributed by atoms with Crippen molar-refractivity contribution in [1.29, 1.82) is 0 Å². The number of aliphatic hydroxyl groups is 1. The van der Waals surface area contributed by atoms with Gasteiger partial charge in [0.1, 0.15) is 6.10 Å². The second-order valence-corrected chi connectivity index (χ2v) is 5.67. The molecule has 0 fully saturated rings. The topological polar surface area (TPSA) is 72.4 Å². The third-order valence-corrected chi connectivity index (χ3v) is 3.12. The molecule has 0 radical (unpaired) electrons. The summed E-state index contributed by atoms with van der Waals surface area (Å²) >= 11 is 0. The van der Waals surface area contributed by atoms with Gasteiger partial charge in [-0.05, 0) is 17.7 Å². The third kappa shape index (κ3) is 2.33. The summed E-state index contributed by atoms with van der Waals surface area (Å²) in [6.45, 7) is 5.26. The van der Waals surface area contributed by atoms with Crippen molar-refractivity contribution in [3.05, 3.63) is 34.3 Å². The van der Waals surface area contributed by atoms with Crippen LogP contribution in [-0.4, -0.2) is 15.5 Å². The van der Waals surface area contributed by atoms with Crippen molar-refractivity contribution in [3.8, 4) is 0 Å². The lowest BCUT2D eigenvalue weighted by atomic mass is 9.85. The predicted molar refractivity (Wildman–Crippen MR) is 70.9 cm³/mol. The Morgan fingerprint density at radius 1 is 1.37 bits per heavy atom. The molecule has 0 aliphatic rings. The van der Waals surface area contributed by atoms with E-state index in [2.05, 4.69) is 0 Å². The van der Waals surface area contributed by atoms with Gasteiger partial charge >= 0.3 is 5.76 Å². The molecule has 5 heteroatoms. The molecule has 2 rings (SSSR count). The van der Waals surface area contributed by atoms with Crippen LogP contribution in [0, 0.1) is 5.41 Å². The largest absolute Gasteiger partial charge is 0.419 e. The minimum atomic E-state index is -1.20. The van der Waals surface area contributed by atoms with E-state index in [-0.39, 0.29) is 5.78 Å². The smallest absolute Gasteiger partial charge is 0.408 e. The Kier molecular flexibility index (Phi) is 3.10. The van der Waals surface area contributed by atoms with E-state index in [1.54, 1.807) is 46.0 Å². The minimum absolute atomic E-state index is 0.264. The second kappa shape index (κ2) is 4.35. The fourth-order valence-electron chi connectivity index (χ4n) is 1.88. The van der Waals surface area contributed by atoms with Crippen molar-refractivity contribution in [2.75, 3.05) is 0 Å². The molecule has 1 atom stereocenters. The Hall–Kier alpha value is -1.88. The van der Waals surface area contributed by atoms with E-state index in [1.165, 1.54) is 4.57 Å². The first-order valence-corrected chi connectivity index (χ1v) is 6.03. The Morgan fingerprint density at radius 2 is 2.00 bits per heavy atom. The third-order valence-electron chi connectivity index (χ3n) is 3.12. The lowest BCUT2D eigenvalue weighted by Gasteiger charge is -2.21. The van der Waals surface area contributed by atoms with Crippen molar-refractivity contribution in [1.82, 2.24) is 4.57 Å². The van der Waals surface area contributed by atoms with Crippen LogP contribution in [0.3, 0.4) is 0 Å². The zero-order valence-electron chi connectivity index (χ0n) is 11.4. The predicted octanol–water partition coefficient (Wildman–Crippen LogP) is 1.78. The number of hydrogen-bond donors (Lipinski definition) is 1. The van der Waals surface area contributed by atoms with Crippen LogP contribution in [0.2, 0.25) is 0 Å². The highest BCUT2D eigenvalue weighted by Crippen LogP contribution is 2.27. The molecule has 0 spiro atoms. The number of Topliss-reactive ketones (excluding diaryl/α,β-unsaturated/α-hetero) is 1. The first kappa shape index (κ1) is 13.5. The van der Waals surface area contributed by atoms with Gasteiger partial charge in [-0.2, -0.15) is 0 Å². The minimum Gasteiger partial charge on any atom is -0.408 e. The molecule has 0 amide bonds. The van der Waals surface area contributed by atoms with E-state index in [4.69, 9.17) is 4.42 Å². The first-order chi connectivity index (χ1) is 8.71. The molecule has 2 aromatic rings. The van der Waals surface area contributed by atoms with Gasteiger partial charge in [-0.3, -0.25) is 9.36 Å². The van der Waals surface area contributed by atoms with Gasteiger partial charge in [-0.1, -0.05) is 26.8 Å². The number of carbonyl (C=O) groups excluding carboxylic acids is 1.